The van der Waals surface area contributed by atoms with E-state index in [1.54, 1.807) is 11.8 Å². The van der Waals surface area contributed by atoms with Gasteiger partial charge in [-0.25, -0.2) is 14.5 Å². The fourth-order valence-corrected chi connectivity index (χ4v) is 6.03. The van der Waals surface area contributed by atoms with Crippen LogP contribution in [-0.2, 0) is 6.42 Å². The third-order valence-corrected chi connectivity index (χ3v) is 8.25. The summed E-state index contributed by atoms with van der Waals surface area (Å²) in [7, 11) is 0. The Hall–Kier alpha value is -4.03. The second-order valence-electron chi connectivity index (χ2n) is 10.7. The molecule has 1 saturated heterocycles. The van der Waals surface area contributed by atoms with Gasteiger partial charge in [0.1, 0.15) is 12.1 Å². The maximum Gasteiger partial charge on any atom is 0.573 e. The number of amidine groups is 1. The molecule has 1 fully saturated rings. The minimum atomic E-state index is -4.75. The largest absolute Gasteiger partial charge is 0.573 e. The molecule has 0 unspecified atom stereocenters. The normalized spacial score (nSPS) is 14.4. The van der Waals surface area contributed by atoms with Crippen molar-refractivity contribution in [2.75, 3.05) is 23.7 Å². The van der Waals surface area contributed by atoms with Gasteiger partial charge in [-0.3, -0.25) is 0 Å². The van der Waals surface area contributed by atoms with Crippen molar-refractivity contribution in [1.82, 2.24) is 20.1 Å². The van der Waals surface area contributed by atoms with E-state index in [0.29, 0.717) is 34.2 Å². The Morgan fingerprint density at radius 3 is 2.67 bits per heavy atom. The Morgan fingerprint density at radius 1 is 1.11 bits per heavy atom. The number of thioether (sulfide) groups is 1. The van der Waals surface area contributed by atoms with Gasteiger partial charge in [0, 0.05) is 35.1 Å². The van der Waals surface area contributed by atoms with Crippen molar-refractivity contribution in [2.45, 2.75) is 45.4 Å². The highest BCUT2D eigenvalue weighted by Crippen LogP contribution is 2.34. The van der Waals surface area contributed by atoms with Crippen LogP contribution in [0.3, 0.4) is 0 Å². The monoisotopic (exact) mass is 656 g/mol. The van der Waals surface area contributed by atoms with E-state index >= 15 is 0 Å². The minimum Gasteiger partial charge on any atom is -0.406 e. The summed E-state index contributed by atoms with van der Waals surface area (Å²) in [5.41, 5.74) is 4.63. The summed E-state index contributed by atoms with van der Waals surface area (Å²) in [5.74, 6) is 1.35. The number of unbranched alkanes of at least 4 members (excludes halogenated alkanes) is 1. The predicted molar refractivity (Wildman–Crippen MR) is 173 cm³/mol. The van der Waals surface area contributed by atoms with Crippen LogP contribution in [0.15, 0.2) is 78.0 Å². The van der Waals surface area contributed by atoms with Gasteiger partial charge in [-0.1, -0.05) is 61.5 Å². The molecular weight excluding hydrogens is 625 g/mol. The molecule has 0 saturated carbocycles. The summed E-state index contributed by atoms with van der Waals surface area (Å²) in [4.78, 5) is 23.4. The van der Waals surface area contributed by atoms with Crippen LogP contribution < -0.4 is 15.0 Å². The Balaban J connectivity index is 1.11. The summed E-state index contributed by atoms with van der Waals surface area (Å²) in [5, 5.41) is 8.72. The lowest BCUT2D eigenvalue weighted by Crippen LogP contribution is -2.28. The average molecular weight is 657 g/mol. The van der Waals surface area contributed by atoms with Crippen LogP contribution in [0.2, 0.25) is 5.02 Å². The Bertz CT molecular complexity index is 1660. The van der Waals surface area contributed by atoms with Crippen molar-refractivity contribution in [3.05, 3.63) is 89.2 Å². The first-order chi connectivity index (χ1) is 21.6. The molecule has 3 aromatic carbocycles. The van der Waals surface area contributed by atoms with E-state index in [1.807, 2.05) is 42.5 Å². The molecule has 0 aliphatic carbocycles. The fraction of sp³-hybridized carbons (Fsp3) is 0.312. The molecule has 2 amide bonds. The van der Waals surface area contributed by atoms with Crippen LogP contribution in [0, 0.1) is 0 Å². The number of anilines is 1. The number of halogens is 4. The summed E-state index contributed by atoms with van der Waals surface area (Å²) in [6.45, 7) is 5.53. The molecule has 5 rings (SSSR count). The van der Waals surface area contributed by atoms with Crippen LogP contribution in [-0.4, -0.2) is 51.2 Å². The highest BCUT2D eigenvalue weighted by atomic mass is 35.5. The molecule has 8 nitrogen and oxygen atoms in total. The lowest BCUT2D eigenvalue weighted by Gasteiger charge is -2.23. The van der Waals surface area contributed by atoms with E-state index in [0.717, 1.165) is 53.9 Å². The highest BCUT2D eigenvalue weighted by molar-refractivity contribution is 8.14. The number of benzene rings is 3. The van der Waals surface area contributed by atoms with Crippen LogP contribution in [0.1, 0.15) is 43.7 Å². The first kappa shape index (κ1) is 32.4. The summed E-state index contributed by atoms with van der Waals surface area (Å²) >= 11 is 7.85. The molecule has 45 heavy (non-hydrogen) atoms. The van der Waals surface area contributed by atoms with Gasteiger partial charge >= 0.3 is 12.4 Å². The Labute approximate surface area is 268 Å². The van der Waals surface area contributed by atoms with Gasteiger partial charge in [-0.05, 0) is 78.8 Å². The van der Waals surface area contributed by atoms with Crippen molar-refractivity contribution in [3.8, 4) is 22.8 Å². The smallest absolute Gasteiger partial charge is 0.406 e. The number of nitrogens with one attached hydrogen (secondary N) is 1. The van der Waals surface area contributed by atoms with E-state index in [9.17, 15) is 18.0 Å². The van der Waals surface area contributed by atoms with E-state index in [4.69, 9.17) is 11.6 Å². The molecule has 0 atom stereocenters. The molecule has 0 bridgehead atoms. The maximum absolute atomic E-state index is 12.6. The molecule has 4 aromatic rings. The second kappa shape index (κ2) is 14.4. The number of rotatable bonds is 10. The van der Waals surface area contributed by atoms with E-state index in [2.05, 4.69) is 43.9 Å². The number of hydrogen-bond acceptors (Lipinski definition) is 5. The van der Waals surface area contributed by atoms with Gasteiger partial charge in [-0.15, -0.1) is 18.3 Å². The van der Waals surface area contributed by atoms with E-state index < -0.39 is 6.36 Å². The van der Waals surface area contributed by atoms with Gasteiger partial charge in [0.05, 0.1) is 5.69 Å². The lowest BCUT2D eigenvalue weighted by atomic mass is 10.0. The zero-order chi connectivity index (χ0) is 32.0. The molecule has 2 heterocycles. The highest BCUT2D eigenvalue weighted by Gasteiger charge is 2.31. The van der Waals surface area contributed by atoms with Crippen LogP contribution in [0.5, 0.6) is 5.75 Å². The van der Waals surface area contributed by atoms with Crippen molar-refractivity contribution in [2.24, 2.45) is 4.99 Å². The van der Waals surface area contributed by atoms with Crippen LogP contribution in [0.4, 0.5) is 23.7 Å². The summed E-state index contributed by atoms with van der Waals surface area (Å²) in [6, 6.07) is 18.8. The van der Waals surface area contributed by atoms with Crippen LogP contribution in [0.25, 0.3) is 17.1 Å². The number of nitrogens with zero attached hydrogens (tertiary/aromatic N) is 5. The summed E-state index contributed by atoms with van der Waals surface area (Å²) in [6.07, 6.45) is -0.797. The number of aryl methyl sites for hydroxylation is 1. The molecule has 1 aromatic heterocycles. The van der Waals surface area contributed by atoms with Gasteiger partial charge in [0.15, 0.2) is 11.0 Å². The average Bonchev–Trinajstić information content (AvgIpc) is 3.67. The molecular formula is C32H32ClF3N6O2S. The SMILES string of the molecule is CC(C)c1ccc(Cl)cc1N1CCSC1=NC(=O)NCCCCc1cccc(-c2ncn(-c3ccc(OC(F)(F)F)cc3)n2)c1. The maximum atomic E-state index is 12.6. The zero-order valence-corrected chi connectivity index (χ0v) is 26.3. The van der Waals surface area contributed by atoms with E-state index in [1.165, 1.54) is 35.3 Å². The molecule has 13 heteroatoms. The number of urea groups is 1. The van der Waals surface area contributed by atoms with Crippen LogP contribution >= 0.6 is 23.4 Å². The topological polar surface area (TPSA) is 84.6 Å². The quantitative estimate of drug-likeness (QED) is 0.173. The third-order valence-electron chi connectivity index (χ3n) is 7.06. The third kappa shape index (κ3) is 8.79. The van der Waals surface area contributed by atoms with E-state index in [-0.39, 0.29) is 11.8 Å². The number of aromatic nitrogens is 3. The number of hydrogen-bond donors (Lipinski definition) is 1. The molecule has 0 spiro atoms. The van der Waals surface area contributed by atoms with Crippen molar-refractivity contribution in [1.29, 1.82) is 0 Å². The molecule has 1 aliphatic rings. The van der Waals surface area contributed by atoms with Crippen molar-refractivity contribution in [3.63, 3.8) is 0 Å². The molecule has 1 aliphatic heterocycles. The number of ether oxygens (including phenoxy) is 1. The molecule has 0 radical (unpaired) electrons. The predicted octanol–water partition coefficient (Wildman–Crippen LogP) is 8.25. The Kier molecular flexibility index (Phi) is 10.3. The lowest BCUT2D eigenvalue weighted by molar-refractivity contribution is -0.274. The minimum absolute atomic E-state index is 0.305. The van der Waals surface area contributed by atoms with Gasteiger partial charge in [0.25, 0.3) is 0 Å². The number of carbonyl (C=O) groups is 1. The number of aliphatic imine (C=N–C) groups is 1. The summed E-state index contributed by atoms with van der Waals surface area (Å²) < 4.78 is 42.7. The number of amides is 2. The first-order valence-corrected chi connectivity index (χ1v) is 15.9. The van der Waals surface area contributed by atoms with Gasteiger partial charge < -0.3 is 15.0 Å². The fourth-order valence-electron chi connectivity index (χ4n) is 4.92. The van der Waals surface area contributed by atoms with Gasteiger partial charge in [-0.2, -0.15) is 4.99 Å². The first-order valence-electron chi connectivity index (χ1n) is 14.5. The number of carbonyl (C=O) groups excluding carboxylic acids is 1. The van der Waals surface area contributed by atoms with Gasteiger partial charge in [0.2, 0.25) is 0 Å². The second-order valence-corrected chi connectivity index (χ2v) is 12.2. The zero-order valence-electron chi connectivity index (χ0n) is 24.7. The Morgan fingerprint density at radius 2 is 1.91 bits per heavy atom. The molecule has 236 valence electrons. The number of alkyl halides is 3. The molecule has 1 N–H and O–H groups in total. The van der Waals surface area contributed by atoms with Crippen molar-refractivity contribution < 1.29 is 22.7 Å². The standard InChI is InChI=1S/C32H32ClF3N6O2S/c1-21(2)27-14-9-24(33)19-28(27)41-16-17-45-31(41)39-30(43)37-15-4-3-6-22-7-5-8-23(18-22)29-38-20-42(40-29)25-10-12-26(13-11-25)44-32(34,35)36/h5,7-14,18-21H,3-4,6,15-17H2,1-2H3,(H,37,43). The van der Waals surface area contributed by atoms with Crippen molar-refractivity contribution >= 4 is 40.2 Å².